The molecule has 1 aliphatic heterocycles. The molecule has 1 amide bonds. The number of amides is 1. The lowest BCUT2D eigenvalue weighted by molar-refractivity contribution is -0.384. The van der Waals surface area contributed by atoms with Gasteiger partial charge in [0.2, 0.25) is 0 Å². The third-order valence-corrected chi connectivity index (χ3v) is 4.33. The van der Waals surface area contributed by atoms with E-state index in [1.165, 1.54) is 30.3 Å². The SMILES string of the molecule is O=C(c1cccc([N+](=O)[O-])c1)N(Cc1ccc(F)cc1)CC1CCCO1. The molecule has 0 aromatic heterocycles. The molecular weight excluding hydrogens is 339 g/mol. The van der Waals surface area contributed by atoms with E-state index in [0.717, 1.165) is 18.4 Å². The second-order valence-electron chi connectivity index (χ2n) is 6.25. The van der Waals surface area contributed by atoms with Crippen molar-refractivity contribution < 1.29 is 18.8 Å². The highest BCUT2D eigenvalue weighted by atomic mass is 19.1. The van der Waals surface area contributed by atoms with Crippen LogP contribution in [0.15, 0.2) is 48.5 Å². The lowest BCUT2D eigenvalue weighted by atomic mass is 10.1. The summed E-state index contributed by atoms with van der Waals surface area (Å²) < 4.78 is 18.8. The fourth-order valence-corrected chi connectivity index (χ4v) is 3.00. The fraction of sp³-hybridized carbons (Fsp3) is 0.316. The quantitative estimate of drug-likeness (QED) is 0.585. The average molecular weight is 358 g/mol. The van der Waals surface area contributed by atoms with Crippen molar-refractivity contribution in [2.75, 3.05) is 13.2 Å². The summed E-state index contributed by atoms with van der Waals surface area (Å²) in [6, 6.07) is 11.6. The third kappa shape index (κ3) is 4.43. The van der Waals surface area contributed by atoms with E-state index in [-0.39, 0.29) is 35.6 Å². The lowest BCUT2D eigenvalue weighted by Crippen LogP contribution is -2.37. The average Bonchev–Trinajstić information content (AvgIpc) is 3.15. The van der Waals surface area contributed by atoms with Crippen LogP contribution in [0.4, 0.5) is 10.1 Å². The van der Waals surface area contributed by atoms with Gasteiger partial charge in [-0.3, -0.25) is 14.9 Å². The Hall–Kier alpha value is -2.80. The van der Waals surface area contributed by atoms with Crippen LogP contribution in [-0.4, -0.2) is 35.0 Å². The molecule has 0 saturated carbocycles. The molecule has 1 atom stereocenters. The predicted molar refractivity (Wildman–Crippen MR) is 93.2 cm³/mol. The molecule has 26 heavy (non-hydrogen) atoms. The maximum Gasteiger partial charge on any atom is 0.270 e. The van der Waals surface area contributed by atoms with Gasteiger partial charge >= 0.3 is 0 Å². The third-order valence-electron chi connectivity index (χ3n) is 4.33. The maximum atomic E-state index is 13.1. The molecule has 7 heteroatoms. The number of carbonyl (C=O) groups is 1. The lowest BCUT2D eigenvalue weighted by Gasteiger charge is -2.25. The Labute approximate surface area is 150 Å². The minimum absolute atomic E-state index is 0.0573. The molecule has 1 aliphatic rings. The van der Waals surface area contributed by atoms with Gasteiger partial charge in [-0.15, -0.1) is 0 Å². The molecule has 0 bridgehead atoms. The fourth-order valence-electron chi connectivity index (χ4n) is 3.00. The smallest absolute Gasteiger partial charge is 0.270 e. The van der Waals surface area contributed by atoms with E-state index in [4.69, 9.17) is 4.74 Å². The standard InChI is InChI=1S/C19H19FN2O4/c20-16-8-6-14(7-9-16)12-21(13-18-5-2-10-26-18)19(23)15-3-1-4-17(11-15)22(24)25/h1,3-4,6-9,11,18H,2,5,10,12-13H2. The van der Waals surface area contributed by atoms with E-state index >= 15 is 0 Å². The summed E-state index contributed by atoms with van der Waals surface area (Å²) >= 11 is 0. The van der Waals surface area contributed by atoms with E-state index in [9.17, 15) is 19.3 Å². The Balaban J connectivity index is 1.83. The second kappa shape index (κ2) is 8.05. The van der Waals surface area contributed by atoms with Crippen molar-refractivity contribution >= 4 is 11.6 Å². The monoisotopic (exact) mass is 358 g/mol. The van der Waals surface area contributed by atoms with Crippen LogP contribution in [0.2, 0.25) is 0 Å². The summed E-state index contributed by atoms with van der Waals surface area (Å²) in [5, 5.41) is 11.0. The zero-order chi connectivity index (χ0) is 18.5. The highest BCUT2D eigenvalue weighted by Crippen LogP contribution is 2.20. The van der Waals surface area contributed by atoms with E-state index in [1.807, 2.05) is 0 Å². The Morgan fingerprint density at radius 3 is 2.69 bits per heavy atom. The molecule has 2 aromatic carbocycles. The number of rotatable bonds is 6. The summed E-state index contributed by atoms with van der Waals surface area (Å²) in [6.07, 6.45) is 1.75. The van der Waals surface area contributed by atoms with Gasteiger partial charge in [0, 0.05) is 37.4 Å². The molecule has 1 unspecified atom stereocenters. The second-order valence-corrected chi connectivity index (χ2v) is 6.25. The van der Waals surface area contributed by atoms with Gasteiger partial charge in [-0.1, -0.05) is 18.2 Å². The molecule has 1 heterocycles. The van der Waals surface area contributed by atoms with E-state index < -0.39 is 4.92 Å². The molecule has 2 aromatic rings. The largest absolute Gasteiger partial charge is 0.376 e. The number of nitro groups is 1. The van der Waals surface area contributed by atoms with Crippen LogP contribution >= 0.6 is 0 Å². The minimum atomic E-state index is -0.527. The van der Waals surface area contributed by atoms with Crippen molar-refractivity contribution in [2.45, 2.75) is 25.5 Å². The number of hydrogen-bond acceptors (Lipinski definition) is 4. The van der Waals surface area contributed by atoms with Gasteiger partial charge < -0.3 is 9.64 Å². The predicted octanol–water partition coefficient (Wildman–Crippen LogP) is 3.56. The first-order chi connectivity index (χ1) is 12.5. The number of halogens is 1. The van der Waals surface area contributed by atoms with Crippen LogP contribution in [0.1, 0.15) is 28.8 Å². The Bertz CT molecular complexity index is 788. The first-order valence-electron chi connectivity index (χ1n) is 8.43. The maximum absolute atomic E-state index is 13.1. The van der Waals surface area contributed by atoms with E-state index in [2.05, 4.69) is 0 Å². The summed E-state index contributed by atoms with van der Waals surface area (Å²) in [4.78, 5) is 25.0. The number of non-ortho nitro benzene ring substituents is 1. The van der Waals surface area contributed by atoms with Crippen molar-refractivity contribution in [3.8, 4) is 0 Å². The first-order valence-corrected chi connectivity index (χ1v) is 8.43. The Kier molecular flexibility index (Phi) is 5.58. The van der Waals surface area contributed by atoms with Gasteiger partial charge in [0.05, 0.1) is 11.0 Å². The molecule has 0 aliphatic carbocycles. The number of benzene rings is 2. The zero-order valence-corrected chi connectivity index (χ0v) is 14.1. The van der Waals surface area contributed by atoms with Crippen molar-refractivity contribution in [3.63, 3.8) is 0 Å². The summed E-state index contributed by atoms with van der Waals surface area (Å²) in [5.74, 6) is -0.655. The molecule has 0 spiro atoms. The highest BCUT2D eigenvalue weighted by molar-refractivity contribution is 5.94. The van der Waals surface area contributed by atoms with E-state index in [1.54, 1.807) is 23.1 Å². The van der Waals surface area contributed by atoms with Crippen molar-refractivity contribution in [1.29, 1.82) is 0 Å². The van der Waals surface area contributed by atoms with Crippen LogP contribution in [0.25, 0.3) is 0 Å². The van der Waals surface area contributed by atoms with Crippen LogP contribution in [0, 0.1) is 15.9 Å². The van der Waals surface area contributed by atoms with Gasteiger partial charge in [0.1, 0.15) is 5.82 Å². The molecule has 3 rings (SSSR count). The number of carbonyl (C=O) groups excluding carboxylic acids is 1. The Morgan fingerprint density at radius 1 is 1.27 bits per heavy atom. The van der Waals surface area contributed by atoms with Crippen molar-refractivity contribution in [2.24, 2.45) is 0 Å². The van der Waals surface area contributed by atoms with Crippen LogP contribution in [0.5, 0.6) is 0 Å². The van der Waals surface area contributed by atoms with Gasteiger partial charge in [-0.25, -0.2) is 4.39 Å². The molecule has 0 N–H and O–H groups in total. The first kappa shape index (κ1) is 18.0. The topological polar surface area (TPSA) is 72.7 Å². The summed E-state index contributed by atoms with van der Waals surface area (Å²) in [5.41, 5.74) is 0.900. The number of hydrogen-bond donors (Lipinski definition) is 0. The summed E-state index contributed by atoms with van der Waals surface area (Å²) in [7, 11) is 0. The summed E-state index contributed by atoms with van der Waals surface area (Å²) in [6.45, 7) is 1.33. The van der Waals surface area contributed by atoms with Gasteiger partial charge in [-0.2, -0.15) is 0 Å². The molecule has 6 nitrogen and oxygen atoms in total. The van der Waals surface area contributed by atoms with Gasteiger partial charge in [0.25, 0.3) is 11.6 Å². The number of ether oxygens (including phenoxy) is 1. The molecular formula is C19H19FN2O4. The van der Waals surface area contributed by atoms with Crippen molar-refractivity contribution in [1.82, 2.24) is 4.90 Å². The normalized spacial score (nSPS) is 16.4. The van der Waals surface area contributed by atoms with Crippen LogP contribution < -0.4 is 0 Å². The van der Waals surface area contributed by atoms with Crippen LogP contribution in [0.3, 0.4) is 0 Å². The number of nitro benzene ring substituents is 1. The van der Waals surface area contributed by atoms with Crippen LogP contribution in [-0.2, 0) is 11.3 Å². The van der Waals surface area contributed by atoms with Gasteiger partial charge in [0.15, 0.2) is 0 Å². The van der Waals surface area contributed by atoms with Crippen molar-refractivity contribution in [3.05, 3.63) is 75.6 Å². The Morgan fingerprint density at radius 2 is 2.04 bits per heavy atom. The van der Waals surface area contributed by atoms with E-state index in [0.29, 0.717) is 13.2 Å². The van der Waals surface area contributed by atoms with Gasteiger partial charge in [-0.05, 0) is 36.6 Å². The molecule has 136 valence electrons. The molecule has 1 saturated heterocycles. The highest BCUT2D eigenvalue weighted by Gasteiger charge is 2.24. The zero-order valence-electron chi connectivity index (χ0n) is 14.1. The molecule has 1 fully saturated rings. The minimum Gasteiger partial charge on any atom is -0.376 e. The number of nitrogens with zero attached hydrogens (tertiary/aromatic N) is 2. The molecule has 0 radical (unpaired) electrons.